The van der Waals surface area contributed by atoms with Gasteiger partial charge in [0.1, 0.15) is 6.07 Å². The highest BCUT2D eigenvalue weighted by molar-refractivity contribution is 7.99. The lowest BCUT2D eigenvalue weighted by Crippen LogP contribution is -2.21. The molecular formula is C17H19N3S. The molecule has 0 radical (unpaired) electrons. The lowest BCUT2D eigenvalue weighted by Gasteiger charge is -2.21. The van der Waals surface area contributed by atoms with Crippen LogP contribution in [0.3, 0.4) is 0 Å². The zero-order valence-electron chi connectivity index (χ0n) is 12.4. The molecule has 0 bridgehead atoms. The summed E-state index contributed by atoms with van der Waals surface area (Å²) < 4.78 is 0. The Morgan fingerprint density at radius 1 is 1.24 bits per heavy atom. The molecule has 0 spiro atoms. The summed E-state index contributed by atoms with van der Waals surface area (Å²) in [6.07, 6.45) is 2.68. The average Bonchev–Trinajstić information content (AvgIpc) is 2.53. The summed E-state index contributed by atoms with van der Waals surface area (Å²) in [6.45, 7) is 2.94. The average molecular weight is 297 g/mol. The maximum atomic E-state index is 9.46. The topological polar surface area (TPSA) is 39.9 Å². The van der Waals surface area contributed by atoms with Crippen LogP contribution in [0.15, 0.2) is 47.5 Å². The Labute approximate surface area is 130 Å². The molecule has 1 aromatic carbocycles. The molecule has 4 heteroatoms. The molecule has 0 fully saturated rings. The minimum Gasteiger partial charge on any atom is -0.373 e. The quantitative estimate of drug-likeness (QED) is 0.761. The van der Waals surface area contributed by atoms with Crippen molar-refractivity contribution in [3.63, 3.8) is 0 Å². The van der Waals surface area contributed by atoms with Gasteiger partial charge in [0, 0.05) is 36.8 Å². The molecular weight excluding hydrogens is 278 g/mol. The molecule has 0 saturated heterocycles. The van der Waals surface area contributed by atoms with Crippen molar-refractivity contribution < 1.29 is 0 Å². The molecule has 3 nitrogen and oxygen atoms in total. The molecule has 0 amide bonds. The molecule has 0 aliphatic carbocycles. The highest BCUT2D eigenvalue weighted by Crippen LogP contribution is 2.29. The number of aromatic nitrogens is 1. The number of anilines is 1. The molecule has 0 unspecified atom stereocenters. The molecule has 21 heavy (non-hydrogen) atoms. The van der Waals surface area contributed by atoms with E-state index >= 15 is 0 Å². The zero-order chi connectivity index (χ0) is 15.1. The van der Waals surface area contributed by atoms with Gasteiger partial charge >= 0.3 is 0 Å². The van der Waals surface area contributed by atoms with Crippen molar-refractivity contribution >= 4 is 17.4 Å². The number of pyridine rings is 1. The number of benzene rings is 1. The number of hydrogen-bond donors (Lipinski definition) is 0. The number of thioether (sulfide) groups is 1. The third-order valence-electron chi connectivity index (χ3n) is 3.26. The SMILES string of the molecule is CCSc1cccc(N(C)CCc2ccccn2)c1C#N. The van der Waals surface area contributed by atoms with E-state index in [4.69, 9.17) is 0 Å². The lowest BCUT2D eigenvalue weighted by molar-refractivity contribution is 0.850. The van der Waals surface area contributed by atoms with E-state index in [9.17, 15) is 5.26 Å². The van der Waals surface area contributed by atoms with Gasteiger partial charge in [0.25, 0.3) is 0 Å². The molecule has 0 aliphatic rings. The van der Waals surface area contributed by atoms with Gasteiger partial charge in [-0.15, -0.1) is 11.8 Å². The van der Waals surface area contributed by atoms with Gasteiger partial charge in [-0.3, -0.25) is 4.98 Å². The van der Waals surface area contributed by atoms with Crippen LogP contribution >= 0.6 is 11.8 Å². The van der Waals surface area contributed by atoms with Crippen LogP contribution < -0.4 is 4.90 Å². The number of likely N-dealkylation sites (N-methyl/N-ethyl adjacent to an activating group) is 1. The van der Waals surface area contributed by atoms with E-state index in [1.54, 1.807) is 11.8 Å². The largest absolute Gasteiger partial charge is 0.373 e. The van der Waals surface area contributed by atoms with Crippen LogP contribution in [0.2, 0.25) is 0 Å². The van der Waals surface area contributed by atoms with Crippen LogP contribution in [0, 0.1) is 11.3 Å². The van der Waals surface area contributed by atoms with Crippen molar-refractivity contribution in [2.45, 2.75) is 18.2 Å². The molecule has 108 valence electrons. The molecule has 2 rings (SSSR count). The molecule has 1 heterocycles. The minimum atomic E-state index is 0.771. The maximum Gasteiger partial charge on any atom is 0.103 e. The second-order valence-corrected chi connectivity index (χ2v) is 5.99. The van der Waals surface area contributed by atoms with E-state index < -0.39 is 0 Å². The monoisotopic (exact) mass is 297 g/mol. The van der Waals surface area contributed by atoms with E-state index in [1.807, 2.05) is 49.6 Å². The molecule has 0 atom stereocenters. The summed E-state index contributed by atoms with van der Waals surface area (Å²) in [5, 5.41) is 9.46. The third-order valence-corrected chi connectivity index (χ3v) is 4.20. The van der Waals surface area contributed by atoms with Crippen LogP contribution in [0.25, 0.3) is 0 Å². The van der Waals surface area contributed by atoms with Gasteiger partial charge in [0.15, 0.2) is 0 Å². The molecule has 0 saturated carbocycles. The number of rotatable bonds is 6. The highest BCUT2D eigenvalue weighted by Gasteiger charge is 2.11. The van der Waals surface area contributed by atoms with Gasteiger partial charge in [-0.25, -0.2) is 0 Å². The summed E-state index contributed by atoms with van der Waals surface area (Å²) in [4.78, 5) is 7.53. The summed E-state index contributed by atoms with van der Waals surface area (Å²) in [5.41, 5.74) is 2.83. The van der Waals surface area contributed by atoms with Crippen molar-refractivity contribution in [2.75, 3.05) is 24.2 Å². The number of hydrogen-bond acceptors (Lipinski definition) is 4. The van der Waals surface area contributed by atoms with Crippen molar-refractivity contribution in [2.24, 2.45) is 0 Å². The molecule has 0 aliphatic heterocycles. The minimum absolute atomic E-state index is 0.771. The van der Waals surface area contributed by atoms with E-state index in [0.717, 1.165) is 40.6 Å². The third kappa shape index (κ3) is 3.99. The fourth-order valence-corrected chi connectivity index (χ4v) is 2.95. The Bertz CT molecular complexity index is 620. The van der Waals surface area contributed by atoms with E-state index in [2.05, 4.69) is 22.9 Å². The Kier molecular flexibility index (Phi) is 5.65. The Hall–Kier alpha value is -1.99. The first-order valence-electron chi connectivity index (χ1n) is 7.03. The van der Waals surface area contributed by atoms with Crippen LogP contribution in [0.4, 0.5) is 5.69 Å². The van der Waals surface area contributed by atoms with Crippen LogP contribution in [-0.4, -0.2) is 24.3 Å². The Morgan fingerprint density at radius 3 is 2.76 bits per heavy atom. The fourth-order valence-electron chi connectivity index (χ4n) is 2.17. The first-order chi connectivity index (χ1) is 10.3. The predicted octanol–water partition coefficient (Wildman–Crippen LogP) is 3.74. The van der Waals surface area contributed by atoms with Crippen molar-refractivity contribution in [1.82, 2.24) is 4.98 Å². The van der Waals surface area contributed by atoms with Gasteiger partial charge < -0.3 is 4.90 Å². The van der Waals surface area contributed by atoms with Crippen LogP contribution in [-0.2, 0) is 6.42 Å². The van der Waals surface area contributed by atoms with Crippen LogP contribution in [0.5, 0.6) is 0 Å². The highest BCUT2D eigenvalue weighted by atomic mass is 32.2. The first-order valence-corrected chi connectivity index (χ1v) is 8.01. The number of nitriles is 1. The van der Waals surface area contributed by atoms with E-state index in [0.29, 0.717) is 0 Å². The summed E-state index contributed by atoms with van der Waals surface area (Å²) in [5.74, 6) is 0.968. The van der Waals surface area contributed by atoms with Gasteiger partial charge in [0.05, 0.1) is 11.3 Å². The Balaban J connectivity index is 2.13. The second kappa shape index (κ2) is 7.70. The zero-order valence-corrected chi connectivity index (χ0v) is 13.2. The first kappa shape index (κ1) is 15.4. The standard InChI is InChI=1S/C17H19N3S/c1-3-21-17-9-6-8-16(15(17)13-18)20(2)12-10-14-7-4-5-11-19-14/h4-9,11H,3,10,12H2,1-2H3. The van der Waals surface area contributed by atoms with E-state index in [-0.39, 0.29) is 0 Å². The van der Waals surface area contributed by atoms with Crippen molar-refractivity contribution in [3.8, 4) is 6.07 Å². The Morgan fingerprint density at radius 2 is 2.10 bits per heavy atom. The van der Waals surface area contributed by atoms with Gasteiger partial charge in [-0.2, -0.15) is 5.26 Å². The van der Waals surface area contributed by atoms with Gasteiger partial charge in [0.2, 0.25) is 0 Å². The molecule has 0 N–H and O–H groups in total. The van der Waals surface area contributed by atoms with Crippen LogP contribution in [0.1, 0.15) is 18.2 Å². The second-order valence-electron chi connectivity index (χ2n) is 4.69. The summed E-state index contributed by atoms with van der Waals surface area (Å²) >= 11 is 1.71. The van der Waals surface area contributed by atoms with Gasteiger partial charge in [-0.1, -0.05) is 19.1 Å². The predicted molar refractivity (Wildman–Crippen MR) is 88.8 cm³/mol. The summed E-state index contributed by atoms with van der Waals surface area (Å²) in [6, 6.07) is 14.4. The van der Waals surface area contributed by atoms with Crippen molar-refractivity contribution in [1.29, 1.82) is 5.26 Å². The van der Waals surface area contributed by atoms with Crippen molar-refractivity contribution in [3.05, 3.63) is 53.9 Å². The van der Waals surface area contributed by atoms with Gasteiger partial charge in [-0.05, 0) is 30.0 Å². The summed E-state index contributed by atoms with van der Waals surface area (Å²) in [7, 11) is 2.03. The number of nitrogens with zero attached hydrogens (tertiary/aromatic N) is 3. The molecule has 1 aromatic heterocycles. The van der Waals surface area contributed by atoms with E-state index in [1.165, 1.54) is 0 Å². The molecule has 2 aromatic rings. The maximum absolute atomic E-state index is 9.46. The smallest absolute Gasteiger partial charge is 0.103 e. The normalized spacial score (nSPS) is 10.1. The lowest BCUT2D eigenvalue weighted by atomic mass is 10.1. The fraction of sp³-hybridized carbons (Fsp3) is 0.294.